The van der Waals surface area contributed by atoms with Gasteiger partial charge in [0.1, 0.15) is 19.0 Å². The van der Waals surface area contributed by atoms with Crippen LogP contribution in [-0.2, 0) is 4.79 Å². The van der Waals surface area contributed by atoms with Crippen LogP contribution in [0.3, 0.4) is 0 Å². The number of carbonyl (C=O) groups is 1. The van der Waals surface area contributed by atoms with Gasteiger partial charge in [-0.05, 0) is 67.4 Å². The summed E-state index contributed by atoms with van der Waals surface area (Å²) in [6.45, 7) is 7.24. The van der Waals surface area contributed by atoms with Gasteiger partial charge in [-0.3, -0.25) is 10.2 Å². The van der Waals surface area contributed by atoms with Crippen molar-refractivity contribution in [3.05, 3.63) is 58.0 Å². The van der Waals surface area contributed by atoms with E-state index in [0.717, 1.165) is 34.2 Å². The van der Waals surface area contributed by atoms with Crippen LogP contribution in [0.15, 0.2) is 41.3 Å². The van der Waals surface area contributed by atoms with Crippen LogP contribution in [-0.4, -0.2) is 30.9 Å². The van der Waals surface area contributed by atoms with Crippen molar-refractivity contribution >= 4 is 28.9 Å². The van der Waals surface area contributed by atoms with Crippen LogP contribution in [0.2, 0.25) is 0 Å². The molecular formula is C22H24N2O4S. The molecule has 0 bridgehead atoms. The Morgan fingerprint density at radius 2 is 1.76 bits per heavy atom. The highest BCUT2D eigenvalue weighted by atomic mass is 32.2. The molecule has 0 saturated carbocycles. The Balaban J connectivity index is 1.65. The number of benzene rings is 2. The maximum Gasteiger partial charge on any atom is 0.264 e. The molecule has 1 saturated heterocycles. The quantitative estimate of drug-likeness (QED) is 0.499. The largest absolute Gasteiger partial charge is 0.490 e. The van der Waals surface area contributed by atoms with E-state index in [4.69, 9.17) is 19.6 Å². The van der Waals surface area contributed by atoms with Crippen molar-refractivity contribution in [1.29, 1.82) is 5.41 Å². The van der Waals surface area contributed by atoms with E-state index in [1.807, 2.05) is 57.2 Å². The number of hydrogen-bond acceptors (Lipinski definition) is 6. The summed E-state index contributed by atoms with van der Waals surface area (Å²) in [5, 5.41) is 10.1. The van der Waals surface area contributed by atoms with Crippen molar-refractivity contribution in [2.45, 2.75) is 20.8 Å². The lowest BCUT2D eigenvalue weighted by Gasteiger charge is -2.15. The van der Waals surface area contributed by atoms with E-state index in [-0.39, 0.29) is 11.1 Å². The van der Waals surface area contributed by atoms with E-state index in [0.29, 0.717) is 36.2 Å². The van der Waals surface area contributed by atoms with E-state index in [1.54, 1.807) is 6.08 Å². The second-order valence-electron chi connectivity index (χ2n) is 6.45. The van der Waals surface area contributed by atoms with Gasteiger partial charge in [-0.15, -0.1) is 0 Å². The molecule has 1 aliphatic heterocycles. The van der Waals surface area contributed by atoms with E-state index in [9.17, 15) is 4.79 Å². The van der Waals surface area contributed by atoms with Crippen LogP contribution in [0.25, 0.3) is 6.08 Å². The summed E-state index contributed by atoms with van der Waals surface area (Å²) in [5.74, 6) is 1.85. The van der Waals surface area contributed by atoms with Gasteiger partial charge in [0.15, 0.2) is 16.7 Å². The molecule has 0 aliphatic carbocycles. The average molecular weight is 413 g/mol. The van der Waals surface area contributed by atoms with Gasteiger partial charge in [0.2, 0.25) is 0 Å². The predicted octanol–water partition coefficient (Wildman–Crippen LogP) is 4.30. The second-order valence-corrected chi connectivity index (χ2v) is 7.50. The van der Waals surface area contributed by atoms with Crippen LogP contribution >= 0.6 is 11.8 Å². The monoisotopic (exact) mass is 412 g/mol. The molecule has 2 aromatic rings. The van der Waals surface area contributed by atoms with Gasteiger partial charge in [-0.2, -0.15) is 0 Å². The van der Waals surface area contributed by atoms with Crippen LogP contribution in [0.1, 0.15) is 23.6 Å². The molecular weight excluding hydrogens is 388 g/mol. The van der Waals surface area contributed by atoms with Crippen LogP contribution in [0, 0.1) is 19.3 Å². The molecule has 1 heterocycles. The summed E-state index contributed by atoms with van der Waals surface area (Å²) < 4.78 is 17.4. The molecule has 152 valence electrons. The number of thioether (sulfide) groups is 1. The van der Waals surface area contributed by atoms with Crippen molar-refractivity contribution < 1.29 is 19.0 Å². The third-order valence-electron chi connectivity index (χ3n) is 4.22. The first kappa shape index (κ1) is 20.8. The molecule has 6 nitrogen and oxygen atoms in total. The molecule has 1 amide bonds. The maximum absolute atomic E-state index is 11.8. The van der Waals surface area contributed by atoms with Crippen LogP contribution in [0.4, 0.5) is 0 Å². The Kier molecular flexibility index (Phi) is 6.82. The fourth-order valence-electron chi connectivity index (χ4n) is 2.92. The first-order chi connectivity index (χ1) is 14.0. The molecule has 0 atom stereocenters. The zero-order valence-electron chi connectivity index (χ0n) is 16.7. The van der Waals surface area contributed by atoms with Gasteiger partial charge in [0.25, 0.3) is 5.91 Å². The lowest BCUT2D eigenvalue weighted by atomic mass is 10.1. The summed E-state index contributed by atoms with van der Waals surface area (Å²) >= 11 is 1.10. The zero-order chi connectivity index (χ0) is 20.8. The topological polar surface area (TPSA) is 80.6 Å². The number of rotatable bonds is 8. The van der Waals surface area contributed by atoms with Crippen molar-refractivity contribution in [1.82, 2.24) is 5.32 Å². The number of para-hydroxylation sites is 1. The first-order valence-corrected chi connectivity index (χ1v) is 10.2. The first-order valence-electron chi connectivity index (χ1n) is 9.36. The fraction of sp³-hybridized carbons (Fsp3) is 0.273. The van der Waals surface area contributed by atoms with Gasteiger partial charge in [0.05, 0.1) is 11.5 Å². The number of nitrogens with one attached hydrogen (secondary N) is 2. The predicted molar refractivity (Wildman–Crippen MR) is 116 cm³/mol. The lowest BCUT2D eigenvalue weighted by molar-refractivity contribution is -0.115. The molecule has 0 unspecified atom stereocenters. The smallest absolute Gasteiger partial charge is 0.264 e. The van der Waals surface area contributed by atoms with Gasteiger partial charge < -0.3 is 19.5 Å². The molecule has 0 spiro atoms. The summed E-state index contributed by atoms with van der Waals surface area (Å²) in [7, 11) is 0. The standard InChI is InChI=1S/C22H24N2O4S/c1-4-26-18-12-16(13-19-21(25)24-22(23)29-19)8-9-17(18)27-10-11-28-20-14(2)6-5-7-15(20)3/h5-9,12-13H,4,10-11H2,1-3H3,(H2,23,24,25)/b19-13-. The zero-order valence-corrected chi connectivity index (χ0v) is 17.5. The molecule has 1 fully saturated rings. The Morgan fingerprint density at radius 1 is 1.03 bits per heavy atom. The highest BCUT2D eigenvalue weighted by molar-refractivity contribution is 8.18. The fourth-order valence-corrected chi connectivity index (χ4v) is 3.62. The third kappa shape index (κ3) is 5.32. The van der Waals surface area contributed by atoms with Gasteiger partial charge in [-0.25, -0.2) is 0 Å². The average Bonchev–Trinajstić information content (AvgIpc) is 2.99. The van der Waals surface area contributed by atoms with Gasteiger partial charge in [0, 0.05) is 0 Å². The molecule has 3 rings (SSSR count). The van der Waals surface area contributed by atoms with Gasteiger partial charge >= 0.3 is 0 Å². The third-order valence-corrected chi connectivity index (χ3v) is 5.05. The van der Waals surface area contributed by atoms with Crippen molar-refractivity contribution in [3.8, 4) is 17.2 Å². The maximum atomic E-state index is 11.8. The van der Waals surface area contributed by atoms with E-state index < -0.39 is 0 Å². The molecule has 2 aromatic carbocycles. The molecule has 0 radical (unpaired) electrons. The number of ether oxygens (including phenoxy) is 3. The molecule has 29 heavy (non-hydrogen) atoms. The molecule has 2 N–H and O–H groups in total. The van der Waals surface area contributed by atoms with Gasteiger partial charge in [-0.1, -0.05) is 24.3 Å². The number of aryl methyl sites for hydroxylation is 2. The summed E-state index contributed by atoms with van der Waals surface area (Å²) in [5.41, 5.74) is 3.00. The summed E-state index contributed by atoms with van der Waals surface area (Å²) in [6.07, 6.45) is 1.73. The van der Waals surface area contributed by atoms with Crippen LogP contribution < -0.4 is 19.5 Å². The number of carbonyl (C=O) groups excluding carboxylic acids is 1. The highest BCUT2D eigenvalue weighted by Crippen LogP contribution is 2.31. The van der Waals surface area contributed by atoms with E-state index in [2.05, 4.69) is 5.32 Å². The van der Waals surface area contributed by atoms with Crippen LogP contribution in [0.5, 0.6) is 17.2 Å². The molecule has 1 aliphatic rings. The Hall–Kier alpha value is -2.93. The molecule has 7 heteroatoms. The number of hydrogen-bond donors (Lipinski definition) is 2. The Labute approximate surface area is 174 Å². The number of amides is 1. The second kappa shape index (κ2) is 9.52. The highest BCUT2D eigenvalue weighted by Gasteiger charge is 2.22. The Morgan fingerprint density at radius 3 is 2.41 bits per heavy atom. The lowest BCUT2D eigenvalue weighted by Crippen LogP contribution is -2.18. The van der Waals surface area contributed by atoms with Crippen molar-refractivity contribution in [3.63, 3.8) is 0 Å². The normalized spacial score (nSPS) is 14.8. The van der Waals surface area contributed by atoms with Crippen molar-refractivity contribution in [2.75, 3.05) is 19.8 Å². The van der Waals surface area contributed by atoms with E-state index in [1.165, 1.54) is 0 Å². The minimum Gasteiger partial charge on any atom is -0.490 e. The van der Waals surface area contributed by atoms with E-state index >= 15 is 0 Å². The minimum atomic E-state index is -0.262. The number of amidine groups is 1. The SMILES string of the molecule is CCOc1cc(/C=C2\SC(=N)NC2=O)ccc1OCCOc1c(C)cccc1C. The molecule has 0 aromatic heterocycles. The van der Waals surface area contributed by atoms with Crippen molar-refractivity contribution in [2.24, 2.45) is 0 Å². The summed E-state index contributed by atoms with van der Waals surface area (Å²) in [4.78, 5) is 12.3. The minimum absolute atomic E-state index is 0.134. The summed E-state index contributed by atoms with van der Waals surface area (Å²) in [6, 6.07) is 11.6. The Bertz CT molecular complexity index is 936.